The lowest BCUT2D eigenvalue weighted by Gasteiger charge is -2.33. The molecule has 1 aliphatic heterocycles. The Balaban J connectivity index is 1.39. The molecule has 1 saturated heterocycles. The predicted molar refractivity (Wildman–Crippen MR) is 137 cm³/mol. The van der Waals surface area contributed by atoms with Gasteiger partial charge in [-0.2, -0.15) is 4.31 Å². The van der Waals surface area contributed by atoms with Crippen molar-refractivity contribution in [2.45, 2.75) is 51.3 Å². The second-order valence-electron chi connectivity index (χ2n) is 9.96. The minimum absolute atomic E-state index is 0.00134. The molecule has 5 nitrogen and oxygen atoms in total. The number of sulfonamides is 1. The van der Waals surface area contributed by atoms with Gasteiger partial charge in [0.15, 0.2) is 5.13 Å². The monoisotopic (exact) mass is 483 g/mol. The Hall–Kier alpha value is -2.22. The highest BCUT2D eigenvalue weighted by Crippen LogP contribution is 2.27. The van der Waals surface area contributed by atoms with E-state index >= 15 is 0 Å². The summed E-state index contributed by atoms with van der Waals surface area (Å²) >= 11 is 1.64. The second-order valence-corrected chi connectivity index (χ2v) is 12.7. The summed E-state index contributed by atoms with van der Waals surface area (Å²) < 4.78 is 27.9. The normalized spacial score (nSPS) is 15.7. The minimum Gasteiger partial charge on any atom is -0.345 e. The zero-order valence-electron chi connectivity index (χ0n) is 20.1. The summed E-state index contributed by atoms with van der Waals surface area (Å²) in [6.45, 7) is 12.9. The second kappa shape index (κ2) is 9.20. The van der Waals surface area contributed by atoms with Crippen LogP contribution in [-0.4, -0.2) is 43.9 Å². The molecule has 0 N–H and O–H groups in total. The van der Waals surface area contributed by atoms with Crippen LogP contribution in [0.5, 0.6) is 0 Å². The molecule has 2 aromatic carbocycles. The molecule has 4 rings (SSSR count). The lowest BCUT2D eigenvalue weighted by molar-refractivity contribution is 0.384. The van der Waals surface area contributed by atoms with Crippen molar-refractivity contribution >= 4 is 26.5 Å². The van der Waals surface area contributed by atoms with Crippen LogP contribution in [-0.2, 0) is 21.9 Å². The maximum atomic E-state index is 13.1. The van der Waals surface area contributed by atoms with Gasteiger partial charge < -0.3 is 4.90 Å². The predicted octanol–water partition coefficient (Wildman–Crippen LogP) is 5.16. The number of piperazine rings is 1. The molecule has 2 heterocycles. The van der Waals surface area contributed by atoms with Crippen LogP contribution in [0, 0.1) is 13.8 Å². The molecule has 33 heavy (non-hydrogen) atoms. The van der Waals surface area contributed by atoms with Crippen molar-refractivity contribution in [1.29, 1.82) is 0 Å². The number of nitrogens with zero attached hydrogens (tertiary/aromatic N) is 3. The van der Waals surface area contributed by atoms with Crippen molar-refractivity contribution in [3.63, 3.8) is 0 Å². The van der Waals surface area contributed by atoms with Gasteiger partial charge in [0.1, 0.15) is 0 Å². The molecule has 1 fully saturated rings. The first kappa shape index (κ1) is 23.9. The quantitative estimate of drug-likeness (QED) is 0.503. The summed E-state index contributed by atoms with van der Waals surface area (Å²) in [4.78, 5) is 7.41. The summed E-state index contributed by atoms with van der Waals surface area (Å²) in [5, 5.41) is 3.09. The summed E-state index contributed by atoms with van der Waals surface area (Å²) in [5.41, 5.74) is 6.01. The third-order valence-corrected chi connectivity index (χ3v) is 8.94. The first-order valence-corrected chi connectivity index (χ1v) is 13.7. The van der Waals surface area contributed by atoms with E-state index in [9.17, 15) is 8.42 Å². The van der Waals surface area contributed by atoms with E-state index in [1.807, 2.05) is 12.1 Å². The van der Waals surface area contributed by atoms with Gasteiger partial charge in [0.25, 0.3) is 0 Å². The molecule has 0 atom stereocenters. The van der Waals surface area contributed by atoms with Crippen molar-refractivity contribution in [3.8, 4) is 0 Å². The van der Waals surface area contributed by atoms with Gasteiger partial charge in [-0.05, 0) is 42.5 Å². The molecule has 176 valence electrons. The molecule has 0 radical (unpaired) electrons. The average molecular weight is 484 g/mol. The van der Waals surface area contributed by atoms with Gasteiger partial charge in [-0.1, -0.05) is 62.2 Å². The van der Waals surface area contributed by atoms with Crippen LogP contribution in [0.1, 0.15) is 48.7 Å². The van der Waals surface area contributed by atoms with E-state index < -0.39 is 10.0 Å². The Morgan fingerprint density at radius 1 is 0.939 bits per heavy atom. The maximum Gasteiger partial charge on any atom is 0.243 e. The molecule has 1 aliphatic rings. The van der Waals surface area contributed by atoms with Crippen molar-refractivity contribution < 1.29 is 8.42 Å². The molecule has 1 aromatic heterocycles. The summed E-state index contributed by atoms with van der Waals surface area (Å²) in [6.07, 6.45) is 0.817. The molecule has 0 amide bonds. The maximum absolute atomic E-state index is 13.1. The lowest BCUT2D eigenvalue weighted by Crippen LogP contribution is -2.48. The number of hydrogen-bond donors (Lipinski definition) is 0. The Morgan fingerprint density at radius 2 is 1.55 bits per heavy atom. The fraction of sp³-hybridized carbons (Fsp3) is 0.423. The van der Waals surface area contributed by atoms with Crippen LogP contribution >= 0.6 is 11.3 Å². The van der Waals surface area contributed by atoms with Crippen LogP contribution in [0.3, 0.4) is 0 Å². The molecule has 3 aromatic rings. The third kappa shape index (κ3) is 5.48. The number of anilines is 1. The lowest BCUT2D eigenvalue weighted by atomic mass is 9.87. The van der Waals surface area contributed by atoms with Gasteiger partial charge in [0, 0.05) is 38.0 Å². The van der Waals surface area contributed by atoms with E-state index in [4.69, 9.17) is 4.98 Å². The highest BCUT2D eigenvalue weighted by Gasteiger charge is 2.29. The molecule has 0 bridgehead atoms. The fourth-order valence-corrected chi connectivity index (χ4v) is 6.60. The Morgan fingerprint density at radius 3 is 2.12 bits per heavy atom. The van der Waals surface area contributed by atoms with Gasteiger partial charge in [-0.3, -0.25) is 0 Å². The van der Waals surface area contributed by atoms with Gasteiger partial charge in [0.2, 0.25) is 10.0 Å². The van der Waals surface area contributed by atoms with Crippen molar-refractivity contribution in [2.75, 3.05) is 31.1 Å². The zero-order valence-corrected chi connectivity index (χ0v) is 21.8. The first-order chi connectivity index (χ1) is 15.5. The van der Waals surface area contributed by atoms with Crippen molar-refractivity contribution in [1.82, 2.24) is 9.29 Å². The van der Waals surface area contributed by atoms with E-state index in [0.29, 0.717) is 31.1 Å². The van der Waals surface area contributed by atoms with Crippen molar-refractivity contribution in [3.05, 3.63) is 75.8 Å². The Kier molecular flexibility index (Phi) is 6.67. The molecule has 0 saturated carbocycles. The van der Waals surface area contributed by atoms with Crippen LogP contribution in [0.4, 0.5) is 5.13 Å². The Bertz CT molecular complexity index is 1200. The SMILES string of the molecule is Cc1cc(C)cc(Cc2csc(N3CCN(S(=O)(=O)c4ccc(C(C)(C)C)cc4)CC3)n2)c1. The van der Waals surface area contributed by atoms with E-state index in [1.165, 1.54) is 16.7 Å². The van der Waals surface area contributed by atoms with Crippen LogP contribution in [0.25, 0.3) is 0 Å². The number of hydrogen-bond acceptors (Lipinski definition) is 5. The number of thiazole rings is 1. The topological polar surface area (TPSA) is 53.5 Å². The third-order valence-electron chi connectivity index (χ3n) is 6.07. The molecule has 0 aliphatic carbocycles. The number of aromatic nitrogens is 1. The Labute approximate surface area is 202 Å². The van der Waals surface area contributed by atoms with Crippen LogP contribution in [0.2, 0.25) is 0 Å². The first-order valence-electron chi connectivity index (χ1n) is 11.4. The fourth-order valence-electron chi connectivity index (χ4n) is 4.30. The summed E-state index contributed by atoms with van der Waals surface area (Å²) in [6, 6.07) is 13.9. The zero-order chi connectivity index (χ0) is 23.8. The molecule has 0 unspecified atom stereocenters. The number of benzene rings is 2. The van der Waals surface area contributed by atoms with Gasteiger partial charge in [0.05, 0.1) is 10.6 Å². The van der Waals surface area contributed by atoms with E-state index in [2.05, 4.69) is 63.1 Å². The summed E-state index contributed by atoms with van der Waals surface area (Å²) in [7, 11) is -3.48. The minimum atomic E-state index is -3.48. The van der Waals surface area contributed by atoms with Crippen molar-refractivity contribution in [2.24, 2.45) is 0 Å². The van der Waals surface area contributed by atoms with Gasteiger partial charge in [-0.25, -0.2) is 13.4 Å². The molecular weight excluding hydrogens is 450 g/mol. The average Bonchev–Trinajstić information content (AvgIpc) is 3.21. The highest BCUT2D eigenvalue weighted by molar-refractivity contribution is 7.89. The van der Waals surface area contributed by atoms with Gasteiger partial charge in [-0.15, -0.1) is 11.3 Å². The largest absolute Gasteiger partial charge is 0.345 e. The van der Waals surface area contributed by atoms with E-state index in [0.717, 1.165) is 22.8 Å². The number of aryl methyl sites for hydroxylation is 2. The van der Waals surface area contributed by atoms with Gasteiger partial charge >= 0.3 is 0 Å². The van der Waals surface area contributed by atoms with Crippen LogP contribution < -0.4 is 4.90 Å². The van der Waals surface area contributed by atoms with Crippen LogP contribution in [0.15, 0.2) is 52.7 Å². The number of rotatable bonds is 5. The summed E-state index contributed by atoms with van der Waals surface area (Å²) in [5.74, 6) is 0. The molecular formula is C26H33N3O2S2. The van der Waals surface area contributed by atoms with E-state index in [-0.39, 0.29) is 5.41 Å². The standard InChI is InChI=1S/C26H33N3O2S2/c1-19-14-20(2)16-21(15-19)17-23-18-32-25(27-23)28-10-12-29(13-11-28)33(30,31)24-8-6-22(7-9-24)26(3,4)5/h6-9,14-16,18H,10-13,17H2,1-5H3. The smallest absolute Gasteiger partial charge is 0.243 e. The molecule has 0 spiro atoms. The van der Waals surface area contributed by atoms with E-state index in [1.54, 1.807) is 27.8 Å². The highest BCUT2D eigenvalue weighted by atomic mass is 32.2. The molecule has 7 heteroatoms.